The molecule has 2 N–H and O–H groups in total. The van der Waals surface area contributed by atoms with Crippen LogP contribution >= 0.6 is 0 Å². The van der Waals surface area contributed by atoms with Gasteiger partial charge in [0.05, 0.1) is 6.10 Å². The molecule has 1 aliphatic rings. The van der Waals surface area contributed by atoms with Crippen LogP contribution in [0.25, 0.3) is 0 Å². The molecule has 2 unspecified atom stereocenters. The monoisotopic (exact) mass is 261 g/mol. The van der Waals surface area contributed by atoms with Crippen molar-refractivity contribution >= 4 is 0 Å². The number of hydrogen-bond donors (Lipinski definition) is 2. The normalized spacial score (nSPS) is 20.2. The van der Waals surface area contributed by atoms with Crippen molar-refractivity contribution in [3.05, 3.63) is 35.4 Å². The Labute approximate surface area is 117 Å². The topological polar surface area (TPSA) is 32.3 Å². The van der Waals surface area contributed by atoms with Crippen LogP contribution in [0.4, 0.5) is 0 Å². The second kappa shape index (κ2) is 7.06. The van der Waals surface area contributed by atoms with E-state index in [2.05, 4.69) is 31.3 Å². The SMILES string of the molecule is CCC(NC1CCCCC1)C(O)c1ccc(C)cc1. The van der Waals surface area contributed by atoms with Gasteiger partial charge in [0.25, 0.3) is 0 Å². The first kappa shape index (κ1) is 14.5. The molecule has 0 aliphatic heterocycles. The van der Waals surface area contributed by atoms with E-state index in [1.807, 2.05) is 12.1 Å². The fraction of sp³-hybridized carbons (Fsp3) is 0.647. The average molecular weight is 261 g/mol. The molecule has 1 aromatic rings. The van der Waals surface area contributed by atoms with Gasteiger partial charge in [-0.2, -0.15) is 0 Å². The maximum Gasteiger partial charge on any atom is 0.0942 e. The molecule has 1 aliphatic carbocycles. The van der Waals surface area contributed by atoms with Crippen LogP contribution in [0.2, 0.25) is 0 Å². The van der Waals surface area contributed by atoms with E-state index in [-0.39, 0.29) is 6.04 Å². The summed E-state index contributed by atoms with van der Waals surface area (Å²) in [5, 5.41) is 14.2. The molecule has 2 heteroatoms. The number of aliphatic hydroxyl groups excluding tert-OH is 1. The van der Waals surface area contributed by atoms with Crippen molar-refractivity contribution in [2.75, 3.05) is 0 Å². The van der Waals surface area contributed by atoms with E-state index in [1.165, 1.54) is 37.7 Å². The highest BCUT2D eigenvalue weighted by atomic mass is 16.3. The predicted octanol–water partition coefficient (Wildman–Crippen LogP) is 3.73. The Bertz CT molecular complexity index is 367. The van der Waals surface area contributed by atoms with Crippen LogP contribution in [0.5, 0.6) is 0 Å². The minimum atomic E-state index is -0.396. The van der Waals surface area contributed by atoms with Crippen LogP contribution in [-0.4, -0.2) is 17.2 Å². The summed E-state index contributed by atoms with van der Waals surface area (Å²) in [6.07, 6.45) is 7.12. The van der Waals surface area contributed by atoms with Crippen LogP contribution in [0, 0.1) is 6.92 Å². The summed E-state index contributed by atoms with van der Waals surface area (Å²) < 4.78 is 0. The fourth-order valence-corrected chi connectivity index (χ4v) is 3.00. The summed E-state index contributed by atoms with van der Waals surface area (Å²) >= 11 is 0. The molecular formula is C17H27NO. The van der Waals surface area contributed by atoms with Gasteiger partial charge in [-0.1, -0.05) is 56.0 Å². The molecule has 0 spiro atoms. The molecule has 106 valence electrons. The molecule has 0 radical (unpaired) electrons. The first-order chi connectivity index (χ1) is 9.20. The maximum absolute atomic E-state index is 10.5. The summed E-state index contributed by atoms with van der Waals surface area (Å²) in [6, 6.07) is 9.01. The molecule has 2 rings (SSSR count). The van der Waals surface area contributed by atoms with Crippen molar-refractivity contribution in [2.24, 2.45) is 0 Å². The molecule has 2 nitrogen and oxygen atoms in total. The Kier molecular flexibility index (Phi) is 5.41. The van der Waals surface area contributed by atoms with Gasteiger partial charge in [0.2, 0.25) is 0 Å². The lowest BCUT2D eigenvalue weighted by atomic mass is 9.92. The van der Waals surface area contributed by atoms with Crippen molar-refractivity contribution in [1.82, 2.24) is 5.32 Å². The lowest BCUT2D eigenvalue weighted by molar-refractivity contribution is 0.114. The highest BCUT2D eigenvalue weighted by Gasteiger charge is 2.23. The Balaban J connectivity index is 1.97. The third-order valence-corrected chi connectivity index (χ3v) is 4.29. The molecular weight excluding hydrogens is 234 g/mol. The van der Waals surface area contributed by atoms with Gasteiger partial charge in [0, 0.05) is 12.1 Å². The van der Waals surface area contributed by atoms with Crippen LogP contribution in [0.15, 0.2) is 24.3 Å². The summed E-state index contributed by atoms with van der Waals surface area (Å²) in [6.45, 7) is 4.23. The van der Waals surface area contributed by atoms with Gasteiger partial charge in [0.15, 0.2) is 0 Å². The number of rotatable bonds is 5. The minimum absolute atomic E-state index is 0.172. The minimum Gasteiger partial charge on any atom is -0.387 e. The third kappa shape index (κ3) is 4.05. The summed E-state index contributed by atoms with van der Waals surface area (Å²) in [7, 11) is 0. The van der Waals surface area contributed by atoms with E-state index in [0.29, 0.717) is 6.04 Å². The number of aliphatic hydroxyl groups is 1. The smallest absolute Gasteiger partial charge is 0.0942 e. The first-order valence-corrected chi connectivity index (χ1v) is 7.71. The van der Waals surface area contributed by atoms with Crippen molar-refractivity contribution < 1.29 is 5.11 Å². The van der Waals surface area contributed by atoms with Gasteiger partial charge in [0.1, 0.15) is 0 Å². The van der Waals surface area contributed by atoms with Gasteiger partial charge < -0.3 is 10.4 Å². The van der Waals surface area contributed by atoms with Crippen LogP contribution in [0.1, 0.15) is 62.7 Å². The Morgan fingerprint density at radius 3 is 2.37 bits per heavy atom. The second-order valence-electron chi connectivity index (χ2n) is 5.87. The van der Waals surface area contributed by atoms with E-state index in [0.717, 1.165) is 12.0 Å². The highest BCUT2D eigenvalue weighted by Crippen LogP contribution is 2.23. The van der Waals surface area contributed by atoms with Gasteiger partial charge in [-0.05, 0) is 31.7 Å². The zero-order valence-corrected chi connectivity index (χ0v) is 12.2. The largest absolute Gasteiger partial charge is 0.387 e. The molecule has 1 aromatic carbocycles. The predicted molar refractivity (Wildman–Crippen MR) is 80.2 cm³/mol. The van der Waals surface area contributed by atoms with Gasteiger partial charge >= 0.3 is 0 Å². The first-order valence-electron chi connectivity index (χ1n) is 7.71. The van der Waals surface area contributed by atoms with Gasteiger partial charge in [-0.25, -0.2) is 0 Å². The summed E-state index contributed by atoms with van der Waals surface area (Å²) in [5.74, 6) is 0. The molecule has 0 saturated heterocycles. The zero-order chi connectivity index (χ0) is 13.7. The zero-order valence-electron chi connectivity index (χ0n) is 12.2. The van der Waals surface area contributed by atoms with Crippen LogP contribution in [0.3, 0.4) is 0 Å². The van der Waals surface area contributed by atoms with Crippen molar-refractivity contribution in [1.29, 1.82) is 0 Å². The summed E-state index contributed by atoms with van der Waals surface area (Å²) in [5.41, 5.74) is 2.27. The van der Waals surface area contributed by atoms with Gasteiger partial charge in [-0.15, -0.1) is 0 Å². The van der Waals surface area contributed by atoms with Crippen LogP contribution in [-0.2, 0) is 0 Å². The fourth-order valence-electron chi connectivity index (χ4n) is 3.00. The van der Waals surface area contributed by atoms with E-state index in [4.69, 9.17) is 0 Å². The molecule has 2 atom stereocenters. The Morgan fingerprint density at radius 2 is 1.79 bits per heavy atom. The molecule has 0 bridgehead atoms. The Hall–Kier alpha value is -0.860. The lowest BCUT2D eigenvalue weighted by Gasteiger charge is -2.31. The number of hydrogen-bond acceptors (Lipinski definition) is 2. The second-order valence-corrected chi connectivity index (χ2v) is 5.87. The summed E-state index contributed by atoms with van der Waals surface area (Å²) in [4.78, 5) is 0. The quantitative estimate of drug-likeness (QED) is 0.846. The number of nitrogens with one attached hydrogen (secondary N) is 1. The molecule has 0 aromatic heterocycles. The molecule has 19 heavy (non-hydrogen) atoms. The number of aryl methyl sites for hydroxylation is 1. The maximum atomic E-state index is 10.5. The lowest BCUT2D eigenvalue weighted by Crippen LogP contribution is -2.42. The van der Waals surface area contributed by atoms with Crippen LogP contribution < -0.4 is 5.32 Å². The average Bonchev–Trinajstić information content (AvgIpc) is 2.46. The molecule has 0 amide bonds. The molecule has 0 heterocycles. The highest BCUT2D eigenvalue weighted by molar-refractivity contribution is 5.24. The van der Waals surface area contributed by atoms with Crippen molar-refractivity contribution in [3.8, 4) is 0 Å². The van der Waals surface area contributed by atoms with E-state index in [1.54, 1.807) is 0 Å². The number of benzene rings is 1. The molecule has 1 fully saturated rings. The van der Waals surface area contributed by atoms with E-state index >= 15 is 0 Å². The van der Waals surface area contributed by atoms with E-state index in [9.17, 15) is 5.11 Å². The van der Waals surface area contributed by atoms with Crippen molar-refractivity contribution in [3.63, 3.8) is 0 Å². The Morgan fingerprint density at radius 1 is 1.16 bits per heavy atom. The van der Waals surface area contributed by atoms with Crippen molar-refractivity contribution in [2.45, 2.75) is 70.6 Å². The standard InChI is InChI=1S/C17H27NO/c1-3-16(18-15-7-5-4-6-8-15)17(19)14-11-9-13(2)10-12-14/h9-12,15-19H,3-8H2,1-2H3. The van der Waals surface area contributed by atoms with E-state index < -0.39 is 6.10 Å². The third-order valence-electron chi connectivity index (χ3n) is 4.29. The molecule has 1 saturated carbocycles. The van der Waals surface area contributed by atoms with Gasteiger partial charge in [-0.3, -0.25) is 0 Å².